The summed E-state index contributed by atoms with van der Waals surface area (Å²) in [7, 11) is 0. The highest BCUT2D eigenvalue weighted by molar-refractivity contribution is 5.68. The van der Waals surface area contributed by atoms with E-state index in [9.17, 15) is 9.59 Å². The first-order valence-electron chi connectivity index (χ1n) is 8.84. The zero-order valence-electron chi connectivity index (χ0n) is 14.7. The summed E-state index contributed by atoms with van der Waals surface area (Å²) >= 11 is 0. The Morgan fingerprint density at radius 2 is 1.78 bits per heavy atom. The molecule has 0 radical (unpaired) electrons. The van der Waals surface area contributed by atoms with Crippen molar-refractivity contribution in [1.82, 2.24) is 14.9 Å². The van der Waals surface area contributed by atoms with Crippen LogP contribution in [0, 0.1) is 0 Å². The molecule has 1 aliphatic rings. The van der Waals surface area contributed by atoms with Gasteiger partial charge in [-0.3, -0.25) is 4.79 Å². The Kier molecular flexibility index (Phi) is 4.70. The van der Waals surface area contributed by atoms with E-state index in [1.165, 1.54) is 0 Å². The highest BCUT2D eigenvalue weighted by atomic mass is 16.6. The second kappa shape index (κ2) is 7.45. The maximum atomic E-state index is 12.5. The van der Waals surface area contributed by atoms with Crippen LogP contribution in [-0.4, -0.2) is 27.5 Å². The van der Waals surface area contributed by atoms with Crippen LogP contribution in [-0.2, 0) is 24.3 Å². The number of ether oxygens (including phenoxy) is 1. The molecule has 1 amide bonds. The maximum absolute atomic E-state index is 12.5. The molecule has 2 heterocycles. The molecular formula is C21H19N3O3. The zero-order valence-corrected chi connectivity index (χ0v) is 14.7. The third-order valence-corrected chi connectivity index (χ3v) is 4.58. The van der Waals surface area contributed by atoms with Crippen molar-refractivity contribution < 1.29 is 9.53 Å². The molecule has 136 valence electrons. The summed E-state index contributed by atoms with van der Waals surface area (Å²) in [5, 5.41) is 0. The van der Waals surface area contributed by atoms with Gasteiger partial charge in [0.05, 0.1) is 17.8 Å². The minimum Gasteiger partial charge on any atom is -0.445 e. The molecule has 4 rings (SSSR count). The van der Waals surface area contributed by atoms with Crippen molar-refractivity contribution in [2.45, 2.75) is 19.6 Å². The summed E-state index contributed by atoms with van der Waals surface area (Å²) in [6.07, 6.45) is 0.107. The van der Waals surface area contributed by atoms with Gasteiger partial charge in [0, 0.05) is 18.5 Å². The lowest BCUT2D eigenvalue weighted by Gasteiger charge is -2.27. The molecule has 1 aromatic heterocycles. The van der Waals surface area contributed by atoms with E-state index in [1.807, 2.05) is 60.7 Å². The fourth-order valence-electron chi connectivity index (χ4n) is 3.12. The number of fused-ring (bicyclic) bond motifs is 1. The summed E-state index contributed by atoms with van der Waals surface area (Å²) in [6, 6.07) is 19.0. The Morgan fingerprint density at radius 1 is 1.07 bits per heavy atom. The van der Waals surface area contributed by atoms with E-state index < -0.39 is 6.09 Å². The number of amides is 1. The van der Waals surface area contributed by atoms with Crippen molar-refractivity contribution in [3.63, 3.8) is 0 Å². The fraction of sp³-hybridized carbons (Fsp3) is 0.190. The highest BCUT2D eigenvalue weighted by Gasteiger charge is 2.25. The minimum absolute atomic E-state index is 0.209. The van der Waals surface area contributed by atoms with Crippen molar-refractivity contribution in [3.8, 4) is 11.4 Å². The molecule has 0 fully saturated rings. The maximum Gasteiger partial charge on any atom is 0.410 e. The van der Waals surface area contributed by atoms with Crippen LogP contribution in [0.3, 0.4) is 0 Å². The molecule has 3 aromatic rings. The van der Waals surface area contributed by atoms with E-state index in [4.69, 9.17) is 4.74 Å². The molecule has 0 spiro atoms. The normalized spacial score (nSPS) is 13.1. The lowest BCUT2D eigenvalue weighted by Crippen LogP contribution is -2.39. The second-order valence-corrected chi connectivity index (χ2v) is 6.42. The summed E-state index contributed by atoms with van der Waals surface area (Å²) < 4.78 is 5.37. The molecule has 6 heteroatoms. The number of carbonyl (C=O) groups is 1. The molecule has 0 unspecified atom stereocenters. The van der Waals surface area contributed by atoms with Crippen LogP contribution >= 0.6 is 0 Å². The van der Waals surface area contributed by atoms with E-state index in [1.54, 1.807) is 4.90 Å². The van der Waals surface area contributed by atoms with Crippen LogP contribution < -0.4 is 5.56 Å². The van der Waals surface area contributed by atoms with Crippen molar-refractivity contribution >= 4 is 6.09 Å². The number of nitrogens with zero attached hydrogens (tertiary/aromatic N) is 2. The number of carbonyl (C=O) groups excluding carboxylic acids is 1. The number of benzene rings is 2. The largest absolute Gasteiger partial charge is 0.445 e. The Labute approximate surface area is 156 Å². The summed E-state index contributed by atoms with van der Waals surface area (Å²) in [5.74, 6) is 0.555. The second-order valence-electron chi connectivity index (χ2n) is 6.42. The zero-order chi connectivity index (χ0) is 18.6. The molecule has 0 aliphatic carbocycles. The van der Waals surface area contributed by atoms with Gasteiger partial charge in [0.15, 0.2) is 0 Å². The van der Waals surface area contributed by atoms with Gasteiger partial charge in [0.1, 0.15) is 12.4 Å². The van der Waals surface area contributed by atoms with Crippen LogP contribution in [0.4, 0.5) is 4.79 Å². The van der Waals surface area contributed by atoms with E-state index >= 15 is 0 Å². The van der Waals surface area contributed by atoms with E-state index in [2.05, 4.69) is 9.97 Å². The lowest BCUT2D eigenvalue weighted by atomic mass is 10.1. The number of aromatic nitrogens is 2. The van der Waals surface area contributed by atoms with E-state index in [0.29, 0.717) is 24.4 Å². The molecule has 27 heavy (non-hydrogen) atoms. The first-order chi connectivity index (χ1) is 13.2. The van der Waals surface area contributed by atoms with Crippen molar-refractivity contribution in [1.29, 1.82) is 0 Å². The molecule has 6 nitrogen and oxygen atoms in total. The molecule has 0 atom stereocenters. The van der Waals surface area contributed by atoms with Gasteiger partial charge in [-0.1, -0.05) is 60.7 Å². The molecule has 2 aromatic carbocycles. The predicted molar refractivity (Wildman–Crippen MR) is 101 cm³/mol. The third kappa shape index (κ3) is 3.74. The Bertz CT molecular complexity index is 1000. The van der Waals surface area contributed by atoms with Gasteiger partial charge in [-0.05, 0) is 5.56 Å². The lowest BCUT2D eigenvalue weighted by molar-refractivity contribution is 0.0914. The molecule has 0 saturated carbocycles. The SMILES string of the molecule is O=C(OCc1ccccc1)N1CCc2nc(-c3ccccc3)[nH]c(=O)c2C1. The third-order valence-electron chi connectivity index (χ3n) is 4.58. The van der Waals surface area contributed by atoms with Crippen LogP contribution in [0.2, 0.25) is 0 Å². The van der Waals surface area contributed by atoms with Gasteiger partial charge in [0.25, 0.3) is 5.56 Å². The van der Waals surface area contributed by atoms with Gasteiger partial charge in [-0.2, -0.15) is 0 Å². The number of hydrogen-bond acceptors (Lipinski definition) is 4. The molecule has 0 saturated heterocycles. The first kappa shape index (κ1) is 17.0. The van der Waals surface area contributed by atoms with Gasteiger partial charge in [-0.25, -0.2) is 9.78 Å². The Morgan fingerprint density at radius 3 is 2.52 bits per heavy atom. The highest BCUT2D eigenvalue weighted by Crippen LogP contribution is 2.19. The van der Waals surface area contributed by atoms with Crippen LogP contribution in [0.5, 0.6) is 0 Å². The van der Waals surface area contributed by atoms with Gasteiger partial charge in [0.2, 0.25) is 0 Å². The van der Waals surface area contributed by atoms with Gasteiger partial charge >= 0.3 is 6.09 Å². The summed E-state index contributed by atoms with van der Waals surface area (Å²) in [4.78, 5) is 33.9. The molecule has 0 bridgehead atoms. The monoisotopic (exact) mass is 361 g/mol. The quantitative estimate of drug-likeness (QED) is 0.778. The summed E-state index contributed by atoms with van der Waals surface area (Å²) in [5.41, 5.74) is 2.85. The molecule has 1 N–H and O–H groups in total. The molecular weight excluding hydrogens is 342 g/mol. The standard InChI is InChI=1S/C21H19N3O3/c25-20-17-13-24(21(26)27-14-15-7-3-1-4-8-15)12-11-18(17)22-19(23-20)16-9-5-2-6-10-16/h1-10H,11-14H2,(H,22,23,25). The van der Waals surface area contributed by atoms with Gasteiger partial charge < -0.3 is 14.6 Å². The van der Waals surface area contributed by atoms with Crippen LogP contribution in [0.1, 0.15) is 16.8 Å². The number of aromatic amines is 1. The average molecular weight is 361 g/mol. The minimum atomic E-state index is -0.420. The number of hydrogen-bond donors (Lipinski definition) is 1. The number of rotatable bonds is 3. The smallest absolute Gasteiger partial charge is 0.410 e. The number of nitrogens with one attached hydrogen (secondary N) is 1. The van der Waals surface area contributed by atoms with Crippen LogP contribution in [0.25, 0.3) is 11.4 Å². The Balaban J connectivity index is 1.48. The van der Waals surface area contributed by atoms with Crippen molar-refractivity contribution in [2.24, 2.45) is 0 Å². The first-order valence-corrected chi connectivity index (χ1v) is 8.84. The van der Waals surface area contributed by atoms with Crippen molar-refractivity contribution in [2.75, 3.05) is 6.54 Å². The van der Waals surface area contributed by atoms with Gasteiger partial charge in [-0.15, -0.1) is 0 Å². The number of H-pyrrole nitrogens is 1. The summed E-state index contributed by atoms with van der Waals surface area (Å²) in [6.45, 7) is 0.899. The van der Waals surface area contributed by atoms with Crippen LogP contribution in [0.15, 0.2) is 65.5 Å². The average Bonchev–Trinajstić information content (AvgIpc) is 2.73. The Hall–Kier alpha value is -3.41. The van der Waals surface area contributed by atoms with E-state index in [0.717, 1.165) is 16.8 Å². The molecule has 1 aliphatic heterocycles. The van der Waals surface area contributed by atoms with Crippen molar-refractivity contribution in [3.05, 3.63) is 87.8 Å². The van der Waals surface area contributed by atoms with E-state index in [-0.39, 0.29) is 18.7 Å². The predicted octanol–water partition coefficient (Wildman–Crippen LogP) is 3.13. The fourth-order valence-corrected chi connectivity index (χ4v) is 3.12. The topological polar surface area (TPSA) is 75.3 Å².